The average Bonchev–Trinajstić information content (AvgIpc) is 3.31. The molecule has 0 bridgehead atoms. The Balaban J connectivity index is 1.49. The van der Waals surface area contributed by atoms with E-state index in [4.69, 9.17) is 16.2 Å². The van der Waals surface area contributed by atoms with E-state index in [-0.39, 0.29) is 29.8 Å². The van der Waals surface area contributed by atoms with Crippen LogP contribution in [0.2, 0.25) is 0 Å². The standard InChI is InChI=1S/C21H26N6O3/c22-19-24-20(23)27(21(25-19)8-2-1-3-9-21)13-6-7-15-16(11-13)18(29)26(17(15)28)12-14-5-4-10-30-14/h6-7,11,14H,1-5,8-10,12H2,(H4,22,23,24,25). The van der Waals surface area contributed by atoms with E-state index in [1.54, 1.807) is 12.1 Å². The zero-order valence-corrected chi connectivity index (χ0v) is 16.8. The fraction of sp³-hybridized carbons (Fsp3) is 0.524. The van der Waals surface area contributed by atoms with Crippen molar-refractivity contribution in [1.29, 1.82) is 0 Å². The maximum Gasteiger partial charge on any atom is 0.261 e. The SMILES string of the molecule is NC1=NC2(CCCCC2)N(c2ccc3c(c2)C(=O)N(CC2CCCO2)C3=O)C(N)=N1. The number of hydrogen-bond donors (Lipinski definition) is 2. The Hall–Kier alpha value is -2.94. The van der Waals surface area contributed by atoms with Gasteiger partial charge in [-0.25, -0.2) is 4.99 Å². The molecule has 1 unspecified atom stereocenters. The second kappa shape index (κ2) is 7.09. The number of ether oxygens (including phenoxy) is 1. The first-order valence-electron chi connectivity index (χ1n) is 10.6. The van der Waals surface area contributed by atoms with Crippen LogP contribution in [0.5, 0.6) is 0 Å². The van der Waals surface area contributed by atoms with Crippen molar-refractivity contribution < 1.29 is 14.3 Å². The molecule has 9 heteroatoms. The summed E-state index contributed by atoms with van der Waals surface area (Å²) in [5.41, 5.74) is 13.1. The van der Waals surface area contributed by atoms with Crippen molar-refractivity contribution in [3.05, 3.63) is 29.3 Å². The summed E-state index contributed by atoms with van der Waals surface area (Å²) in [5, 5.41) is 0. The van der Waals surface area contributed by atoms with Gasteiger partial charge in [0.25, 0.3) is 11.8 Å². The van der Waals surface area contributed by atoms with Gasteiger partial charge in [-0.2, -0.15) is 4.99 Å². The van der Waals surface area contributed by atoms with Gasteiger partial charge in [0, 0.05) is 12.3 Å². The van der Waals surface area contributed by atoms with Gasteiger partial charge >= 0.3 is 0 Å². The Bertz CT molecular complexity index is 959. The van der Waals surface area contributed by atoms with Gasteiger partial charge < -0.3 is 16.2 Å². The molecule has 0 aromatic heterocycles. The van der Waals surface area contributed by atoms with Crippen molar-refractivity contribution >= 4 is 29.4 Å². The first-order valence-corrected chi connectivity index (χ1v) is 10.6. The largest absolute Gasteiger partial charge is 0.376 e. The summed E-state index contributed by atoms with van der Waals surface area (Å²) in [6, 6.07) is 5.25. The van der Waals surface area contributed by atoms with E-state index < -0.39 is 5.66 Å². The van der Waals surface area contributed by atoms with Crippen LogP contribution in [0.25, 0.3) is 0 Å². The molecular weight excluding hydrogens is 384 g/mol. The highest BCUT2D eigenvalue weighted by atomic mass is 16.5. The number of nitrogens with zero attached hydrogens (tertiary/aromatic N) is 4. The number of rotatable bonds is 3. The van der Waals surface area contributed by atoms with Gasteiger partial charge in [0.05, 0.1) is 23.8 Å². The number of hydrogen-bond acceptors (Lipinski definition) is 8. The van der Waals surface area contributed by atoms with Gasteiger partial charge in [-0.1, -0.05) is 6.42 Å². The summed E-state index contributed by atoms with van der Waals surface area (Å²) in [4.78, 5) is 37.9. The third-order valence-corrected chi connectivity index (χ3v) is 6.47. The van der Waals surface area contributed by atoms with Gasteiger partial charge in [0.1, 0.15) is 5.66 Å². The quantitative estimate of drug-likeness (QED) is 0.729. The van der Waals surface area contributed by atoms with E-state index in [1.165, 1.54) is 4.90 Å². The lowest BCUT2D eigenvalue weighted by Crippen LogP contribution is -2.58. The van der Waals surface area contributed by atoms with E-state index >= 15 is 0 Å². The second-order valence-electron chi connectivity index (χ2n) is 8.40. The van der Waals surface area contributed by atoms with E-state index in [1.807, 2.05) is 11.0 Å². The summed E-state index contributed by atoms with van der Waals surface area (Å²) >= 11 is 0. The molecule has 1 aromatic rings. The number of aliphatic imine (C=N–C) groups is 2. The predicted molar refractivity (Wildman–Crippen MR) is 112 cm³/mol. The van der Waals surface area contributed by atoms with E-state index in [0.717, 1.165) is 44.9 Å². The number of amides is 2. The third kappa shape index (κ3) is 2.96. The Morgan fingerprint density at radius 1 is 1.07 bits per heavy atom. The minimum Gasteiger partial charge on any atom is -0.376 e. The van der Waals surface area contributed by atoms with Crippen molar-refractivity contribution in [3.63, 3.8) is 0 Å². The predicted octanol–water partition coefficient (Wildman–Crippen LogP) is 1.57. The van der Waals surface area contributed by atoms with E-state index in [0.29, 0.717) is 30.0 Å². The lowest BCUT2D eigenvalue weighted by molar-refractivity contribution is 0.0475. The van der Waals surface area contributed by atoms with Crippen LogP contribution in [0.1, 0.15) is 65.7 Å². The summed E-state index contributed by atoms with van der Waals surface area (Å²) in [6.45, 7) is 0.969. The monoisotopic (exact) mass is 410 g/mol. The smallest absolute Gasteiger partial charge is 0.261 e. The van der Waals surface area contributed by atoms with Crippen LogP contribution in [0.4, 0.5) is 5.69 Å². The molecule has 1 aromatic carbocycles. The molecule has 2 amide bonds. The van der Waals surface area contributed by atoms with Crippen molar-refractivity contribution in [1.82, 2.24) is 4.90 Å². The molecule has 1 spiro atoms. The molecule has 4 aliphatic rings. The summed E-state index contributed by atoms with van der Waals surface area (Å²) in [6.07, 6.45) is 6.50. The molecular formula is C21H26N6O3. The number of imide groups is 1. The number of benzene rings is 1. The molecule has 158 valence electrons. The van der Waals surface area contributed by atoms with Crippen LogP contribution in [-0.4, -0.2) is 53.6 Å². The highest BCUT2D eigenvalue weighted by Gasteiger charge is 2.44. The molecule has 1 atom stereocenters. The van der Waals surface area contributed by atoms with Crippen LogP contribution in [0, 0.1) is 0 Å². The highest BCUT2D eigenvalue weighted by molar-refractivity contribution is 6.22. The van der Waals surface area contributed by atoms with Gasteiger partial charge in [-0.3, -0.25) is 19.4 Å². The Morgan fingerprint density at radius 3 is 2.57 bits per heavy atom. The number of guanidine groups is 2. The van der Waals surface area contributed by atoms with Gasteiger partial charge in [0.2, 0.25) is 11.9 Å². The lowest BCUT2D eigenvalue weighted by atomic mass is 9.87. The summed E-state index contributed by atoms with van der Waals surface area (Å²) in [5.74, 6) is -0.120. The maximum absolute atomic E-state index is 13.1. The zero-order valence-electron chi connectivity index (χ0n) is 16.8. The minimum atomic E-state index is -0.592. The molecule has 4 N–H and O–H groups in total. The van der Waals surface area contributed by atoms with Crippen LogP contribution in [-0.2, 0) is 4.74 Å². The topological polar surface area (TPSA) is 127 Å². The fourth-order valence-electron chi connectivity index (χ4n) is 5.07. The number of carbonyl (C=O) groups excluding carboxylic acids is 2. The number of fused-ring (bicyclic) bond motifs is 1. The number of carbonyl (C=O) groups is 2. The van der Waals surface area contributed by atoms with Crippen molar-refractivity contribution in [3.8, 4) is 0 Å². The number of anilines is 1. The fourth-order valence-corrected chi connectivity index (χ4v) is 5.07. The van der Waals surface area contributed by atoms with Crippen LogP contribution in [0.3, 0.4) is 0 Å². The van der Waals surface area contributed by atoms with Crippen LogP contribution in [0.15, 0.2) is 28.2 Å². The van der Waals surface area contributed by atoms with Crippen LogP contribution < -0.4 is 16.4 Å². The molecule has 1 saturated carbocycles. The molecule has 1 aliphatic carbocycles. The number of nitrogens with two attached hydrogens (primary N) is 2. The zero-order chi connectivity index (χ0) is 20.9. The molecule has 30 heavy (non-hydrogen) atoms. The summed E-state index contributed by atoms with van der Waals surface area (Å²) in [7, 11) is 0. The Labute approximate surface area is 174 Å². The first-order chi connectivity index (χ1) is 14.5. The van der Waals surface area contributed by atoms with E-state index in [9.17, 15) is 9.59 Å². The molecule has 3 aliphatic heterocycles. The Morgan fingerprint density at radius 2 is 1.83 bits per heavy atom. The van der Waals surface area contributed by atoms with Crippen molar-refractivity contribution in [2.75, 3.05) is 18.1 Å². The first kappa shape index (κ1) is 19.0. The van der Waals surface area contributed by atoms with Crippen molar-refractivity contribution in [2.24, 2.45) is 21.5 Å². The lowest BCUT2D eigenvalue weighted by Gasteiger charge is -2.45. The highest BCUT2D eigenvalue weighted by Crippen LogP contribution is 2.40. The molecule has 2 fully saturated rings. The second-order valence-corrected chi connectivity index (χ2v) is 8.40. The van der Waals surface area contributed by atoms with Gasteiger partial charge in [-0.15, -0.1) is 0 Å². The van der Waals surface area contributed by atoms with Gasteiger partial charge in [-0.05, 0) is 56.7 Å². The van der Waals surface area contributed by atoms with Gasteiger partial charge in [0.15, 0.2) is 0 Å². The molecule has 9 nitrogen and oxygen atoms in total. The van der Waals surface area contributed by atoms with Crippen LogP contribution >= 0.6 is 0 Å². The Kier molecular flexibility index (Phi) is 4.50. The molecule has 3 heterocycles. The third-order valence-electron chi connectivity index (χ3n) is 6.47. The molecule has 0 radical (unpaired) electrons. The average molecular weight is 410 g/mol. The normalized spacial score (nSPS) is 25.5. The summed E-state index contributed by atoms with van der Waals surface area (Å²) < 4.78 is 5.62. The maximum atomic E-state index is 13.1. The van der Waals surface area contributed by atoms with Crippen molar-refractivity contribution in [2.45, 2.75) is 56.7 Å². The molecule has 5 rings (SSSR count). The minimum absolute atomic E-state index is 0.0839. The van der Waals surface area contributed by atoms with E-state index in [2.05, 4.69) is 9.98 Å². The molecule has 1 saturated heterocycles.